The maximum absolute atomic E-state index is 13.0. The number of nitrogen functional groups attached to an aromatic ring is 1. The Balaban J connectivity index is 1.91. The number of carbonyl (C=O) groups is 1. The average Bonchev–Trinajstić information content (AvgIpc) is 3.19. The zero-order chi connectivity index (χ0) is 22.5. The molecule has 3 aromatic rings. The predicted molar refractivity (Wildman–Crippen MR) is 115 cm³/mol. The van der Waals surface area contributed by atoms with E-state index in [4.69, 9.17) is 10.3 Å². The van der Waals surface area contributed by atoms with Crippen molar-refractivity contribution in [3.05, 3.63) is 74.0 Å². The van der Waals surface area contributed by atoms with Crippen LogP contribution in [0.25, 0.3) is 0 Å². The van der Waals surface area contributed by atoms with Crippen molar-refractivity contribution in [2.75, 3.05) is 19.3 Å². The molecule has 31 heavy (non-hydrogen) atoms. The normalized spacial score (nSPS) is 11.2. The number of nitrogens with zero attached hydrogens (tertiary/aromatic N) is 5. The molecule has 0 amide bonds. The van der Waals surface area contributed by atoms with E-state index in [-0.39, 0.29) is 37.6 Å². The summed E-state index contributed by atoms with van der Waals surface area (Å²) in [5.41, 5.74) is 5.59. The van der Waals surface area contributed by atoms with Gasteiger partial charge in [-0.2, -0.15) is 4.98 Å². The van der Waals surface area contributed by atoms with Gasteiger partial charge in [-0.3, -0.25) is 23.6 Å². The zero-order valence-corrected chi connectivity index (χ0v) is 17.9. The number of benzene rings is 1. The van der Waals surface area contributed by atoms with Crippen LogP contribution in [0.2, 0.25) is 0 Å². The van der Waals surface area contributed by atoms with Gasteiger partial charge in [-0.05, 0) is 19.5 Å². The lowest BCUT2D eigenvalue weighted by atomic mass is 10.1. The minimum atomic E-state index is -0.682. The van der Waals surface area contributed by atoms with Gasteiger partial charge in [-0.1, -0.05) is 42.4 Å². The molecule has 1 aromatic carbocycles. The molecule has 10 heteroatoms. The third-order valence-corrected chi connectivity index (χ3v) is 4.89. The number of aryl methyl sites for hydroxylation is 1. The molecule has 10 nitrogen and oxygen atoms in total. The van der Waals surface area contributed by atoms with Gasteiger partial charge >= 0.3 is 5.69 Å². The van der Waals surface area contributed by atoms with Gasteiger partial charge in [-0.15, -0.1) is 0 Å². The van der Waals surface area contributed by atoms with Crippen molar-refractivity contribution in [1.29, 1.82) is 0 Å². The van der Waals surface area contributed by atoms with Crippen molar-refractivity contribution in [1.82, 2.24) is 24.2 Å². The number of carbonyl (C=O) groups excluding carboxylic acids is 1. The van der Waals surface area contributed by atoms with Crippen LogP contribution in [-0.4, -0.2) is 43.6 Å². The Labute approximate surface area is 178 Å². The quantitative estimate of drug-likeness (QED) is 0.500. The third-order valence-electron chi connectivity index (χ3n) is 4.89. The summed E-state index contributed by atoms with van der Waals surface area (Å²) in [6.07, 6.45) is 0.641. The van der Waals surface area contributed by atoms with Gasteiger partial charge in [0.25, 0.3) is 5.56 Å². The standard InChI is InChI=1S/C21H26N6O4/c1-4-16-23-17(31-24-16)13-25(3)12-15(28)18-19(22)27(11-14-9-7-6-8-10-14)21(30)26(5-2)20(18)29/h6-10H,4-5,11-13,22H2,1-3H3. The molecule has 2 heterocycles. The molecule has 0 aliphatic carbocycles. The number of Topliss-reactive ketones (excluding diaryl/α,β-unsaturated/α-hetero) is 1. The molecular formula is C21H26N6O4. The Bertz CT molecular complexity index is 1180. The number of nitrogens with two attached hydrogens (primary N) is 1. The smallest absolute Gasteiger partial charge is 0.332 e. The molecule has 2 N–H and O–H groups in total. The molecule has 0 saturated carbocycles. The number of anilines is 1. The van der Waals surface area contributed by atoms with Crippen LogP contribution in [-0.2, 0) is 26.1 Å². The number of ketones is 1. The summed E-state index contributed by atoms with van der Waals surface area (Å²) in [5, 5.41) is 3.83. The molecule has 0 aliphatic heterocycles. The highest BCUT2D eigenvalue weighted by atomic mass is 16.5. The molecule has 2 aromatic heterocycles. The molecule has 0 spiro atoms. The van der Waals surface area contributed by atoms with E-state index in [2.05, 4.69) is 10.1 Å². The highest BCUT2D eigenvalue weighted by Crippen LogP contribution is 2.11. The lowest BCUT2D eigenvalue weighted by Gasteiger charge is -2.18. The van der Waals surface area contributed by atoms with Crippen molar-refractivity contribution in [2.24, 2.45) is 0 Å². The summed E-state index contributed by atoms with van der Waals surface area (Å²) in [4.78, 5) is 44.6. The Morgan fingerprint density at radius 3 is 2.48 bits per heavy atom. The van der Waals surface area contributed by atoms with E-state index in [1.807, 2.05) is 37.3 Å². The lowest BCUT2D eigenvalue weighted by molar-refractivity contribution is 0.0935. The van der Waals surface area contributed by atoms with Crippen LogP contribution in [0.3, 0.4) is 0 Å². The molecule has 0 bridgehead atoms. The van der Waals surface area contributed by atoms with Crippen LogP contribution >= 0.6 is 0 Å². The fourth-order valence-corrected chi connectivity index (χ4v) is 3.28. The van der Waals surface area contributed by atoms with Gasteiger partial charge < -0.3 is 10.3 Å². The third kappa shape index (κ3) is 4.80. The Morgan fingerprint density at radius 2 is 1.87 bits per heavy atom. The highest BCUT2D eigenvalue weighted by Gasteiger charge is 2.23. The predicted octanol–water partition coefficient (Wildman–Crippen LogP) is 0.920. The fourth-order valence-electron chi connectivity index (χ4n) is 3.28. The second-order valence-electron chi connectivity index (χ2n) is 7.22. The van der Waals surface area contributed by atoms with E-state index in [9.17, 15) is 14.4 Å². The Hall–Kier alpha value is -3.53. The maximum atomic E-state index is 13.0. The van der Waals surface area contributed by atoms with Crippen molar-refractivity contribution in [3.63, 3.8) is 0 Å². The molecule has 0 atom stereocenters. The Kier molecular flexibility index (Phi) is 6.81. The van der Waals surface area contributed by atoms with Gasteiger partial charge in [-0.25, -0.2) is 4.79 Å². The molecule has 164 valence electrons. The Morgan fingerprint density at radius 1 is 1.16 bits per heavy atom. The first kappa shape index (κ1) is 22.2. The largest absolute Gasteiger partial charge is 0.384 e. The maximum Gasteiger partial charge on any atom is 0.332 e. The van der Waals surface area contributed by atoms with Crippen LogP contribution in [0.1, 0.15) is 41.5 Å². The first-order chi connectivity index (χ1) is 14.8. The summed E-state index contributed by atoms with van der Waals surface area (Å²) < 4.78 is 7.44. The van der Waals surface area contributed by atoms with Crippen LogP contribution < -0.4 is 17.0 Å². The summed E-state index contributed by atoms with van der Waals surface area (Å²) in [6, 6.07) is 9.24. The summed E-state index contributed by atoms with van der Waals surface area (Å²) in [6.45, 7) is 4.01. The number of aromatic nitrogens is 4. The van der Waals surface area contributed by atoms with E-state index in [0.29, 0.717) is 18.1 Å². The van der Waals surface area contributed by atoms with Crippen molar-refractivity contribution in [3.8, 4) is 0 Å². The van der Waals surface area contributed by atoms with E-state index >= 15 is 0 Å². The highest BCUT2D eigenvalue weighted by molar-refractivity contribution is 6.01. The van der Waals surface area contributed by atoms with Crippen molar-refractivity contribution < 1.29 is 9.32 Å². The van der Waals surface area contributed by atoms with Crippen LogP contribution in [0, 0.1) is 0 Å². The zero-order valence-electron chi connectivity index (χ0n) is 17.9. The van der Waals surface area contributed by atoms with E-state index in [0.717, 1.165) is 10.1 Å². The second kappa shape index (κ2) is 9.52. The molecule has 3 rings (SSSR count). The topological polar surface area (TPSA) is 129 Å². The van der Waals surface area contributed by atoms with Crippen LogP contribution in [0.15, 0.2) is 44.4 Å². The van der Waals surface area contributed by atoms with E-state index in [1.54, 1.807) is 18.9 Å². The number of hydrogen-bond acceptors (Lipinski definition) is 8. The molecule has 0 fully saturated rings. The first-order valence-corrected chi connectivity index (χ1v) is 10.1. The van der Waals surface area contributed by atoms with Gasteiger partial charge in [0.05, 0.1) is 19.6 Å². The molecule has 0 radical (unpaired) electrons. The van der Waals surface area contributed by atoms with E-state index in [1.165, 1.54) is 4.57 Å². The van der Waals surface area contributed by atoms with Gasteiger partial charge in [0, 0.05) is 13.0 Å². The van der Waals surface area contributed by atoms with E-state index < -0.39 is 17.0 Å². The van der Waals surface area contributed by atoms with Crippen molar-refractivity contribution in [2.45, 2.75) is 39.9 Å². The number of likely N-dealkylation sites (N-methyl/N-ethyl adjacent to an activating group) is 1. The molecule has 0 unspecified atom stereocenters. The average molecular weight is 426 g/mol. The minimum absolute atomic E-state index is 0.101. The SMILES string of the molecule is CCc1noc(CN(C)CC(=O)c2c(N)n(Cc3ccccc3)c(=O)n(CC)c2=O)n1. The van der Waals surface area contributed by atoms with Gasteiger partial charge in [0.2, 0.25) is 5.89 Å². The molecular weight excluding hydrogens is 400 g/mol. The second-order valence-corrected chi connectivity index (χ2v) is 7.22. The lowest BCUT2D eigenvalue weighted by Crippen LogP contribution is -2.45. The monoisotopic (exact) mass is 426 g/mol. The van der Waals surface area contributed by atoms with Crippen molar-refractivity contribution >= 4 is 11.6 Å². The van der Waals surface area contributed by atoms with Crippen LogP contribution in [0.4, 0.5) is 5.82 Å². The van der Waals surface area contributed by atoms with Gasteiger partial charge in [0.1, 0.15) is 11.4 Å². The summed E-state index contributed by atoms with van der Waals surface area (Å²) in [5.74, 6) is 0.343. The molecule has 0 saturated heterocycles. The first-order valence-electron chi connectivity index (χ1n) is 10.1. The fraction of sp³-hybridized carbons (Fsp3) is 0.381. The summed E-state index contributed by atoms with van der Waals surface area (Å²) >= 11 is 0. The summed E-state index contributed by atoms with van der Waals surface area (Å²) in [7, 11) is 1.70. The van der Waals surface area contributed by atoms with Gasteiger partial charge in [0.15, 0.2) is 11.6 Å². The minimum Gasteiger partial charge on any atom is -0.384 e. The van der Waals surface area contributed by atoms with Crippen LogP contribution in [0.5, 0.6) is 0 Å². The number of hydrogen-bond donors (Lipinski definition) is 1. The number of rotatable bonds is 9. The molecule has 0 aliphatic rings.